The Hall–Kier alpha value is -1.40. The van der Waals surface area contributed by atoms with E-state index in [4.69, 9.17) is 18.9 Å². The molecule has 6 nitrogen and oxygen atoms in total. The molecule has 1 aliphatic heterocycles. The Bertz CT molecular complexity index is 746. The molecule has 0 spiro atoms. The lowest BCUT2D eigenvalue weighted by Gasteiger charge is -2.68. The molecule has 2 saturated carbocycles. The van der Waals surface area contributed by atoms with Crippen LogP contribution in [0.15, 0.2) is 11.8 Å². The summed E-state index contributed by atoms with van der Waals surface area (Å²) in [4.78, 5) is 26.3. The Morgan fingerprint density at radius 2 is 1.69 bits per heavy atom. The molecule has 4 aliphatic rings. The molecular formula is C23H34O6. The number of rotatable bonds is 3. The summed E-state index contributed by atoms with van der Waals surface area (Å²) >= 11 is 0. The molecule has 0 radical (unpaired) electrons. The van der Waals surface area contributed by atoms with Gasteiger partial charge in [-0.05, 0) is 36.2 Å². The standard InChI is InChI=1S/C23H34O6/c1-11-8-15(26-5)21(25)23(4)13(11)9-16-22(3)14(10-17(24)29-16)12(2)18(27-6)19(28-7)20(22)23/h8,11-14,16,18-20H,9-10H2,1-7H3/t11-,12-,13+,14+,16-,18+,19-,20+,22-,23+/m1/s1. The molecule has 1 saturated heterocycles. The highest BCUT2D eigenvalue weighted by Gasteiger charge is 2.73. The number of Topliss-reactive ketones (excluding diaryl/α,β-unsaturated/α-hetero) is 1. The van der Waals surface area contributed by atoms with Gasteiger partial charge in [-0.25, -0.2) is 0 Å². The summed E-state index contributed by atoms with van der Waals surface area (Å²) in [6.07, 6.45) is 2.30. The van der Waals surface area contributed by atoms with Crippen molar-refractivity contribution in [1.82, 2.24) is 0 Å². The molecule has 0 aromatic carbocycles. The van der Waals surface area contributed by atoms with E-state index in [-0.39, 0.29) is 65.1 Å². The maximum absolute atomic E-state index is 13.8. The maximum atomic E-state index is 13.8. The number of allylic oxidation sites excluding steroid dienone is 2. The first kappa shape index (κ1) is 20.9. The molecule has 162 valence electrons. The Balaban J connectivity index is 1.95. The van der Waals surface area contributed by atoms with Gasteiger partial charge in [0.15, 0.2) is 5.76 Å². The molecule has 0 bridgehead atoms. The van der Waals surface area contributed by atoms with E-state index in [9.17, 15) is 9.59 Å². The van der Waals surface area contributed by atoms with Crippen LogP contribution < -0.4 is 0 Å². The van der Waals surface area contributed by atoms with Crippen LogP contribution in [0.1, 0.15) is 40.5 Å². The van der Waals surface area contributed by atoms with E-state index in [1.165, 1.54) is 0 Å². The van der Waals surface area contributed by atoms with Gasteiger partial charge in [0.05, 0.1) is 19.3 Å². The van der Waals surface area contributed by atoms with E-state index in [0.29, 0.717) is 18.6 Å². The number of fused-ring (bicyclic) bond motifs is 2. The number of esters is 1. The maximum Gasteiger partial charge on any atom is 0.306 e. The Morgan fingerprint density at radius 1 is 1.03 bits per heavy atom. The van der Waals surface area contributed by atoms with Crippen LogP contribution in [0.5, 0.6) is 0 Å². The van der Waals surface area contributed by atoms with Gasteiger partial charge in [-0.2, -0.15) is 0 Å². The van der Waals surface area contributed by atoms with Crippen LogP contribution in [0.25, 0.3) is 0 Å². The highest BCUT2D eigenvalue weighted by atomic mass is 16.6. The van der Waals surface area contributed by atoms with Gasteiger partial charge >= 0.3 is 5.97 Å². The van der Waals surface area contributed by atoms with Crippen molar-refractivity contribution in [1.29, 1.82) is 0 Å². The summed E-state index contributed by atoms with van der Waals surface area (Å²) in [5, 5.41) is 0. The number of carbonyl (C=O) groups is 2. The minimum atomic E-state index is -0.676. The third kappa shape index (κ3) is 2.48. The van der Waals surface area contributed by atoms with Gasteiger partial charge < -0.3 is 18.9 Å². The van der Waals surface area contributed by atoms with Gasteiger partial charge in [-0.1, -0.05) is 27.7 Å². The van der Waals surface area contributed by atoms with Crippen molar-refractivity contribution >= 4 is 11.8 Å². The molecule has 10 atom stereocenters. The Kier molecular flexibility index (Phi) is 4.90. The summed E-state index contributed by atoms with van der Waals surface area (Å²) in [7, 11) is 4.96. The normalized spacial score (nSPS) is 51.5. The summed E-state index contributed by atoms with van der Waals surface area (Å²) in [6.45, 7) is 8.55. The van der Waals surface area contributed by atoms with Gasteiger partial charge in [0.2, 0.25) is 5.78 Å². The van der Waals surface area contributed by atoms with Crippen molar-refractivity contribution in [2.75, 3.05) is 21.3 Å². The number of ether oxygens (including phenoxy) is 4. The fraction of sp³-hybridized carbons (Fsp3) is 0.826. The first-order valence-electron chi connectivity index (χ1n) is 10.7. The van der Waals surface area contributed by atoms with E-state index in [1.807, 2.05) is 6.08 Å². The molecule has 3 fully saturated rings. The van der Waals surface area contributed by atoms with Gasteiger partial charge in [0.25, 0.3) is 0 Å². The quantitative estimate of drug-likeness (QED) is 0.671. The fourth-order valence-electron chi connectivity index (χ4n) is 7.77. The van der Waals surface area contributed by atoms with Crippen molar-refractivity contribution in [3.8, 4) is 0 Å². The lowest BCUT2D eigenvalue weighted by Crippen LogP contribution is -2.73. The molecular weight excluding hydrogens is 372 g/mol. The summed E-state index contributed by atoms with van der Waals surface area (Å²) in [5.41, 5.74) is -1.04. The number of hydrogen-bond acceptors (Lipinski definition) is 6. The fourth-order valence-corrected chi connectivity index (χ4v) is 7.77. The Labute approximate surface area is 173 Å². The van der Waals surface area contributed by atoms with E-state index >= 15 is 0 Å². The highest BCUT2D eigenvalue weighted by molar-refractivity contribution is 5.99. The van der Waals surface area contributed by atoms with Crippen LogP contribution in [0.2, 0.25) is 0 Å². The molecule has 29 heavy (non-hydrogen) atoms. The van der Waals surface area contributed by atoms with Gasteiger partial charge in [-0.3, -0.25) is 9.59 Å². The Morgan fingerprint density at radius 3 is 2.28 bits per heavy atom. The minimum Gasteiger partial charge on any atom is -0.493 e. The van der Waals surface area contributed by atoms with Crippen LogP contribution in [-0.2, 0) is 28.5 Å². The predicted octanol–water partition coefficient (Wildman–Crippen LogP) is 3.00. The van der Waals surface area contributed by atoms with Crippen LogP contribution in [0.3, 0.4) is 0 Å². The molecule has 0 aromatic rings. The number of carbonyl (C=O) groups excluding carboxylic acids is 2. The molecule has 0 aromatic heterocycles. The van der Waals surface area contributed by atoms with Crippen LogP contribution >= 0.6 is 0 Å². The lowest BCUT2D eigenvalue weighted by atomic mass is 9.38. The summed E-state index contributed by atoms with van der Waals surface area (Å²) < 4.78 is 23.5. The van der Waals surface area contributed by atoms with Gasteiger partial charge in [-0.15, -0.1) is 0 Å². The van der Waals surface area contributed by atoms with Crippen molar-refractivity contribution in [3.05, 3.63) is 11.8 Å². The molecule has 4 rings (SSSR count). The molecule has 6 heteroatoms. The van der Waals surface area contributed by atoms with E-state index in [1.54, 1.807) is 21.3 Å². The third-order valence-electron chi connectivity index (χ3n) is 9.04. The molecule has 3 aliphatic carbocycles. The summed E-state index contributed by atoms with van der Waals surface area (Å²) in [5.74, 6) is 0.571. The lowest BCUT2D eigenvalue weighted by molar-refractivity contribution is -0.283. The second-order valence-electron chi connectivity index (χ2n) is 9.94. The topological polar surface area (TPSA) is 71.1 Å². The largest absolute Gasteiger partial charge is 0.493 e. The number of ketones is 1. The van der Waals surface area contributed by atoms with Crippen molar-refractivity contribution in [2.45, 2.75) is 58.8 Å². The smallest absolute Gasteiger partial charge is 0.306 e. The average molecular weight is 407 g/mol. The zero-order valence-electron chi connectivity index (χ0n) is 18.6. The molecule has 0 amide bonds. The van der Waals surface area contributed by atoms with Crippen molar-refractivity contribution in [3.63, 3.8) is 0 Å². The van der Waals surface area contributed by atoms with E-state index in [2.05, 4.69) is 27.7 Å². The van der Waals surface area contributed by atoms with Crippen molar-refractivity contribution < 1.29 is 28.5 Å². The minimum absolute atomic E-state index is 0.0369. The second-order valence-corrected chi connectivity index (χ2v) is 9.94. The van der Waals surface area contributed by atoms with Gasteiger partial charge in [0, 0.05) is 37.4 Å². The predicted molar refractivity (Wildman–Crippen MR) is 106 cm³/mol. The van der Waals surface area contributed by atoms with Crippen LogP contribution in [0.4, 0.5) is 0 Å². The SMILES string of the molecule is COC1=C[C@@H](C)[C@@H]2C[C@H]3OC(=O)C[C@H]4[C@@H](C)[C@H](OC)[C@@H](OC)[C@H]([C@@]2(C)C1=O)[C@@]34C. The van der Waals surface area contributed by atoms with E-state index < -0.39 is 5.41 Å². The third-order valence-corrected chi connectivity index (χ3v) is 9.04. The monoisotopic (exact) mass is 406 g/mol. The zero-order valence-corrected chi connectivity index (χ0v) is 18.6. The first-order valence-corrected chi connectivity index (χ1v) is 10.7. The van der Waals surface area contributed by atoms with E-state index in [0.717, 1.165) is 0 Å². The van der Waals surface area contributed by atoms with Crippen LogP contribution in [0, 0.1) is 40.4 Å². The van der Waals surface area contributed by atoms with Gasteiger partial charge in [0.1, 0.15) is 6.10 Å². The number of methoxy groups -OCH3 is 3. The second kappa shape index (κ2) is 6.81. The zero-order chi connectivity index (χ0) is 21.3. The molecule has 1 heterocycles. The highest BCUT2D eigenvalue weighted by Crippen LogP contribution is 2.68. The number of hydrogen-bond donors (Lipinski definition) is 0. The average Bonchev–Trinajstić information content (AvgIpc) is 2.68. The van der Waals surface area contributed by atoms with Crippen molar-refractivity contribution in [2.24, 2.45) is 40.4 Å². The van der Waals surface area contributed by atoms with Crippen LogP contribution in [-0.4, -0.2) is 51.4 Å². The first-order chi connectivity index (χ1) is 13.7. The summed E-state index contributed by atoms with van der Waals surface area (Å²) in [6, 6.07) is 0. The molecule has 0 N–H and O–H groups in total. The molecule has 0 unspecified atom stereocenters.